The van der Waals surface area contributed by atoms with Crippen LogP contribution in [-0.4, -0.2) is 6.54 Å². The van der Waals surface area contributed by atoms with Crippen molar-refractivity contribution in [1.29, 1.82) is 0 Å². The molecule has 0 bridgehead atoms. The first-order chi connectivity index (χ1) is 6.12. The summed E-state index contributed by atoms with van der Waals surface area (Å²) in [7, 11) is 0. The Balaban J connectivity index is 2.37. The molecular weight excluding hydrogens is 158 g/mol. The topological polar surface area (TPSA) is 26.0 Å². The fourth-order valence-electron chi connectivity index (χ4n) is 2.43. The minimum Gasteiger partial charge on any atom is -0.330 e. The van der Waals surface area contributed by atoms with Crippen LogP contribution in [-0.2, 0) is 5.41 Å². The Bertz CT molecular complexity index is 302. The molecule has 0 heterocycles. The van der Waals surface area contributed by atoms with Crippen LogP contribution in [0.25, 0.3) is 0 Å². The molecule has 1 aliphatic carbocycles. The molecule has 0 aliphatic heterocycles. The Hall–Kier alpha value is -0.820. The van der Waals surface area contributed by atoms with E-state index in [-0.39, 0.29) is 5.41 Å². The van der Waals surface area contributed by atoms with Crippen LogP contribution in [0, 0.1) is 5.41 Å². The average molecular weight is 175 g/mol. The number of rotatable bonds is 2. The molecule has 1 saturated carbocycles. The molecule has 13 heavy (non-hydrogen) atoms. The molecule has 1 aromatic carbocycles. The molecule has 1 aromatic rings. The second kappa shape index (κ2) is 2.58. The van der Waals surface area contributed by atoms with E-state index in [0.29, 0.717) is 5.41 Å². The molecular formula is C12H17N. The second-order valence-electron chi connectivity index (χ2n) is 4.71. The minimum absolute atomic E-state index is 0.258. The Kier molecular flexibility index (Phi) is 1.74. The molecule has 2 N–H and O–H groups in total. The van der Waals surface area contributed by atoms with Crippen LogP contribution in [0.15, 0.2) is 30.3 Å². The highest BCUT2D eigenvalue weighted by atomic mass is 14.7. The molecule has 1 aliphatic rings. The number of nitrogens with two attached hydrogens (primary N) is 1. The van der Waals surface area contributed by atoms with Gasteiger partial charge in [-0.25, -0.2) is 0 Å². The van der Waals surface area contributed by atoms with Gasteiger partial charge in [0.2, 0.25) is 0 Å². The third kappa shape index (κ3) is 1.11. The van der Waals surface area contributed by atoms with Crippen LogP contribution in [0.2, 0.25) is 0 Å². The first-order valence-corrected chi connectivity index (χ1v) is 4.88. The Morgan fingerprint density at radius 2 is 1.77 bits per heavy atom. The molecule has 0 amide bonds. The van der Waals surface area contributed by atoms with Crippen molar-refractivity contribution >= 4 is 0 Å². The van der Waals surface area contributed by atoms with Crippen LogP contribution in [0.1, 0.15) is 25.8 Å². The molecule has 1 fully saturated rings. The fraction of sp³-hybridized carbons (Fsp3) is 0.500. The highest BCUT2D eigenvalue weighted by molar-refractivity contribution is 5.37. The lowest BCUT2D eigenvalue weighted by Crippen LogP contribution is -2.25. The maximum atomic E-state index is 5.88. The summed E-state index contributed by atoms with van der Waals surface area (Å²) in [6.07, 6.45) is 1.22. The van der Waals surface area contributed by atoms with Crippen molar-refractivity contribution in [3.05, 3.63) is 35.9 Å². The van der Waals surface area contributed by atoms with Crippen LogP contribution in [0.3, 0.4) is 0 Å². The Morgan fingerprint density at radius 3 is 2.15 bits per heavy atom. The molecule has 0 radical (unpaired) electrons. The molecule has 1 atom stereocenters. The monoisotopic (exact) mass is 175 g/mol. The predicted octanol–water partition coefficient (Wildman–Crippen LogP) is 2.31. The lowest BCUT2D eigenvalue weighted by molar-refractivity contribution is 0.503. The average Bonchev–Trinajstić information content (AvgIpc) is 2.72. The van der Waals surface area contributed by atoms with E-state index in [1.54, 1.807) is 0 Å². The van der Waals surface area contributed by atoms with E-state index in [9.17, 15) is 0 Å². The van der Waals surface area contributed by atoms with E-state index in [2.05, 4.69) is 44.2 Å². The van der Waals surface area contributed by atoms with Crippen LogP contribution in [0.4, 0.5) is 0 Å². The summed E-state index contributed by atoms with van der Waals surface area (Å²) in [6.45, 7) is 5.36. The van der Waals surface area contributed by atoms with Gasteiger partial charge < -0.3 is 5.73 Å². The van der Waals surface area contributed by atoms with Gasteiger partial charge in [-0.1, -0.05) is 44.2 Å². The molecule has 1 nitrogen and oxygen atoms in total. The summed E-state index contributed by atoms with van der Waals surface area (Å²) in [5, 5.41) is 0. The van der Waals surface area contributed by atoms with Gasteiger partial charge in [-0.05, 0) is 17.4 Å². The van der Waals surface area contributed by atoms with Gasteiger partial charge in [-0.2, -0.15) is 0 Å². The van der Waals surface area contributed by atoms with Gasteiger partial charge in [-0.15, -0.1) is 0 Å². The van der Waals surface area contributed by atoms with Gasteiger partial charge in [-0.3, -0.25) is 0 Å². The standard InChI is InChI=1S/C12H17N/c1-11(2)8-12(11,9-13)10-6-4-3-5-7-10/h3-7H,8-9,13H2,1-2H3. The van der Waals surface area contributed by atoms with E-state index in [1.807, 2.05) is 0 Å². The zero-order valence-corrected chi connectivity index (χ0v) is 8.38. The summed E-state index contributed by atoms with van der Waals surface area (Å²) in [5.74, 6) is 0. The molecule has 1 heteroatoms. The van der Waals surface area contributed by atoms with Gasteiger partial charge in [0, 0.05) is 12.0 Å². The molecule has 0 aromatic heterocycles. The Morgan fingerprint density at radius 1 is 1.23 bits per heavy atom. The first kappa shape index (κ1) is 8.76. The number of benzene rings is 1. The second-order valence-corrected chi connectivity index (χ2v) is 4.71. The van der Waals surface area contributed by atoms with Gasteiger partial charge in [0.05, 0.1) is 0 Å². The molecule has 0 saturated heterocycles. The van der Waals surface area contributed by atoms with Crippen LogP contribution < -0.4 is 5.73 Å². The van der Waals surface area contributed by atoms with Gasteiger partial charge in [0.15, 0.2) is 0 Å². The maximum absolute atomic E-state index is 5.88. The van der Waals surface area contributed by atoms with E-state index < -0.39 is 0 Å². The first-order valence-electron chi connectivity index (χ1n) is 4.88. The van der Waals surface area contributed by atoms with Crippen molar-refractivity contribution in [3.63, 3.8) is 0 Å². The zero-order chi connectivity index (χ0) is 9.53. The largest absolute Gasteiger partial charge is 0.330 e. The SMILES string of the molecule is CC1(C)CC1(CN)c1ccccc1. The highest BCUT2D eigenvalue weighted by Gasteiger charge is 2.60. The normalized spacial score (nSPS) is 30.1. The van der Waals surface area contributed by atoms with Gasteiger partial charge in [0.1, 0.15) is 0 Å². The summed E-state index contributed by atoms with van der Waals surface area (Å²) in [5.41, 5.74) is 7.93. The summed E-state index contributed by atoms with van der Waals surface area (Å²) < 4.78 is 0. The highest BCUT2D eigenvalue weighted by Crippen LogP contribution is 2.63. The Labute approximate surface area is 80.0 Å². The van der Waals surface area contributed by atoms with E-state index in [0.717, 1.165) is 6.54 Å². The fourth-order valence-corrected chi connectivity index (χ4v) is 2.43. The molecule has 0 spiro atoms. The van der Waals surface area contributed by atoms with Gasteiger partial charge >= 0.3 is 0 Å². The summed E-state index contributed by atoms with van der Waals surface area (Å²) in [4.78, 5) is 0. The summed E-state index contributed by atoms with van der Waals surface area (Å²) >= 11 is 0. The van der Waals surface area contributed by atoms with Crippen molar-refractivity contribution in [3.8, 4) is 0 Å². The lowest BCUT2D eigenvalue weighted by Gasteiger charge is -2.18. The quantitative estimate of drug-likeness (QED) is 0.733. The van der Waals surface area contributed by atoms with Crippen molar-refractivity contribution < 1.29 is 0 Å². The van der Waals surface area contributed by atoms with Crippen molar-refractivity contribution in [1.82, 2.24) is 0 Å². The number of hydrogen-bond acceptors (Lipinski definition) is 1. The van der Waals surface area contributed by atoms with E-state index in [1.165, 1.54) is 12.0 Å². The lowest BCUT2D eigenvalue weighted by atomic mass is 9.88. The van der Waals surface area contributed by atoms with Crippen molar-refractivity contribution in [2.24, 2.45) is 11.1 Å². The third-order valence-corrected chi connectivity index (χ3v) is 3.59. The maximum Gasteiger partial charge on any atom is 0.0132 e. The van der Waals surface area contributed by atoms with Crippen molar-refractivity contribution in [2.75, 3.05) is 6.54 Å². The third-order valence-electron chi connectivity index (χ3n) is 3.59. The molecule has 2 rings (SSSR count). The molecule has 1 unspecified atom stereocenters. The number of hydrogen-bond donors (Lipinski definition) is 1. The molecule has 70 valence electrons. The van der Waals surface area contributed by atoms with Gasteiger partial charge in [0.25, 0.3) is 0 Å². The minimum atomic E-state index is 0.258. The van der Waals surface area contributed by atoms with Crippen LogP contribution in [0.5, 0.6) is 0 Å². The summed E-state index contributed by atoms with van der Waals surface area (Å²) in [6, 6.07) is 10.6. The predicted molar refractivity (Wildman–Crippen MR) is 55.6 cm³/mol. The van der Waals surface area contributed by atoms with E-state index in [4.69, 9.17) is 5.73 Å². The van der Waals surface area contributed by atoms with Crippen molar-refractivity contribution in [2.45, 2.75) is 25.7 Å². The van der Waals surface area contributed by atoms with Crippen LogP contribution >= 0.6 is 0 Å². The smallest absolute Gasteiger partial charge is 0.0132 e. The van der Waals surface area contributed by atoms with E-state index >= 15 is 0 Å². The zero-order valence-electron chi connectivity index (χ0n) is 8.38.